The summed E-state index contributed by atoms with van der Waals surface area (Å²) in [5, 5.41) is 3.44. The summed E-state index contributed by atoms with van der Waals surface area (Å²) in [6.45, 7) is 4.34. The molecule has 0 aliphatic heterocycles. The first kappa shape index (κ1) is 11.6. The number of nitrogens with one attached hydrogen (secondary N) is 1. The molecule has 2 rings (SSSR count). The van der Waals surface area contributed by atoms with Crippen molar-refractivity contribution in [1.29, 1.82) is 0 Å². The minimum absolute atomic E-state index is 0. The fourth-order valence-electron chi connectivity index (χ4n) is 1.86. The molecule has 1 aliphatic rings. The molecule has 1 saturated carbocycles. The maximum absolute atomic E-state index is 5.24. The van der Waals surface area contributed by atoms with E-state index >= 15 is 0 Å². The molecule has 0 bridgehead atoms. The van der Waals surface area contributed by atoms with Crippen LogP contribution in [0.15, 0.2) is 22.8 Å². The lowest BCUT2D eigenvalue weighted by Gasteiger charge is -2.38. The average Bonchev–Trinajstić information content (AvgIpc) is 2.54. The van der Waals surface area contributed by atoms with Gasteiger partial charge in [-0.25, -0.2) is 0 Å². The number of hydrogen-bond acceptors (Lipinski definition) is 2. The van der Waals surface area contributed by atoms with Gasteiger partial charge in [-0.15, -0.1) is 12.4 Å². The number of halogens is 1. The molecular weight excluding hydrogens is 198 g/mol. The summed E-state index contributed by atoms with van der Waals surface area (Å²) in [6.07, 6.45) is 5.87. The Kier molecular flexibility index (Phi) is 4.02. The standard InChI is InChI=1S/C11H17NO.ClH/c1-11(5-3-6-11)9-12-8-10-4-2-7-13-10;/h2,4,7,12H,3,5-6,8-9H2,1H3;1H. The number of furan rings is 1. The zero-order chi connectivity index (χ0) is 9.15. The molecule has 0 spiro atoms. The van der Waals surface area contributed by atoms with Crippen LogP contribution < -0.4 is 5.32 Å². The van der Waals surface area contributed by atoms with Gasteiger partial charge >= 0.3 is 0 Å². The molecule has 80 valence electrons. The van der Waals surface area contributed by atoms with E-state index in [4.69, 9.17) is 4.42 Å². The van der Waals surface area contributed by atoms with Gasteiger partial charge in [-0.3, -0.25) is 0 Å². The van der Waals surface area contributed by atoms with Crippen molar-refractivity contribution >= 4 is 12.4 Å². The van der Waals surface area contributed by atoms with Gasteiger partial charge < -0.3 is 9.73 Å². The molecule has 0 amide bonds. The highest BCUT2D eigenvalue weighted by Crippen LogP contribution is 2.39. The van der Waals surface area contributed by atoms with Crippen LogP contribution in [0.4, 0.5) is 0 Å². The normalized spacial score (nSPS) is 18.4. The van der Waals surface area contributed by atoms with Crippen LogP contribution in [0.2, 0.25) is 0 Å². The summed E-state index contributed by atoms with van der Waals surface area (Å²) in [5.74, 6) is 1.03. The second-order valence-corrected chi connectivity index (χ2v) is 4.35. The third kappa shape index (κ3) is 2.76. The lowest BCUT2D eigenvalue weighted by molar-refractivity contribution is 0.155. The second kappa shape index (κ2) is 4.85. The first-order valence-corrected chi connectivity index (χ1v) is 5.02. The molecule has 1 N–H and O–H groups in total. The maximum atomic E-state index is 5.24. The Morgan fingerprint density at radius 1 is 1.50 bits per heavy atom. The molecule has 0 radical (unpaired) electrons. The molecule has 1 heterocycles. The van der Waals surface area contributed by atoms with Crippen LogP contribution in [0.3, 0.4) is 0 Å². The highest BCUT2D eigenvalue weighted by atomic mass is 35.5. The van der Waals surface area contributed by atoms with Crippen LogP contribution in [0, 0.1) is 5.41 Å². The zero-order valence-electron chi connectivity index (χ0n) is 8.58. The summed E-state index contributed by atoms with van der Waals surface area (Å²) in [6, 6.07) is 3.94. The summed E-state index contributed by atoms with van der Waals surface area (Å²) >= 11 is 0. The van der Waals surface area contributed by atoms with E-state index in [1.54, 1.807) is 6.26 Å². The topological polar surface area (TPSA) is 25.2 Å². The highest BCUT2D eigenvalue weighted by molar-refractivity contribution is 5.85. The Bertz CT molecular complexity index is 254. The van der Waals surface area contributed by atoms with Crippen molar-refractivity contribution in [3.63, 3.8) is 0 Å². The molecular formula is C11H18ClNO. The molecule has 1 fully saturated rings. The van der Waals surface area contributed by atoms with Crippen LogP contribution in [0.25, 0.3) is 0 Å². The van der Waals surface area contributed by atoms with Gasteiger partial charge in [0.05, 0.1) is 12.8 Å². The third-order valence-electron chi connectivity index (χ3n) is 2.99. The fourth-order valence-corrected chi connectivity index (χ4v) is 1.86. The minimum Gasteiger partial charge on any atom is -0.468 e. The number of rotatable bonds is 4. The van der Waals surface area contributed by atoms with Crippen molar-refractivity contribution < 1.29 is 4.42 Å². The van der Waals surface area contributed by atoms with Crippen molar-refractivity contribution in [2.75, 3.05) is 6.54 Å². The highest BCUT2D eigenvalue weighted by Gasteiger charge is 2.30. The zero-order valence-corrected chi connectivity index (χ0v) is 9.40. The van der Waals surface area contributed by atoms with E-state index in [1.807, 2.05) is 12.1 Å². The van der Waals surface area contributed by atoms with E-state index < -0.39 is 0 Å². The predicted molar refractivity (Wildman–Crippen MR) is 59.6 cm³/mol. The minimum atomic E-state index is 0. The van der Waals surface area contributed by atoms with Crippen LogP contribution in [-0.4, -0.2) is 6.54 Å². The van der Waals surface area contributed by atoms with Gasteiger partial charge in [-0.2, -0.15) is 0 Å². The lowest BCUT2D eigenvalue weighted by Crippen LogP contribution is -2.36. The third-order valence-corrected chi connectivity index (χ3v) is 2.99. The van der Waals surface area contributed by atoms with E-state index in [-0.39, 0.29) is 12.4 Å². The van der Waals surface area contributed by atoms with Gasteiger partial charge in [0, 0.05) is 6.54 Å². The van der Waals surface area contributed by atoms with E-state index in [9.17, 15) is 0 Å². The van der Waals surface area contributed by atoms with Crippen LogP contribution in [0.5, 0.6) is 0 Å². The SMILES string of the molecule is CC1(CNCc2ccco2)CCC1.Cl. The molecule has 0 atom stereocenters. The Balaban J connectivity index is 0.000000980. The largest absolute Gasteiger partial charge is 0.468 e. The predicted octanol–water partition coefficient (Wildman–Crippen LogP) is 2.98. The van der Waals surface area contributed by atoms with Gasteiger partial charge in [0.25, 0.3) is 0 Å². The van der Waals surface area contributed by atoms with Crippen molar-refractivity contribution in [1.82, 2.24) is 5.32 Å². The summed E-state index contributed by atoms with van der Waals surface area (Å²) in [7, 11) is 0. The van der Waals surface area contributed by atoms with Crippen LogP contribution >= 0.6 is 12.4 Å². The molecule has 1 aliphatic carbocycles. The fraction of sp³-hybridized carbons (Fsp3) is 0.636. The van der Waals surface area contributed by atoms with E-state index in [0.717, 1.165) is 18.8 Å². The van der Waals surface area contributed by atoms with Crippen molar-refractivity contribution in [2.24, 2.45) is 5.41 Å². The first-order valence-electron chi connectivity index (χ1n) is 5.02. The Hall–Kier alpha value is -0.470. The second-order valence-electron chi connectivity index (χ2n) is 4.35. The van der Waals surface area contributed by atoms with E-state index in [0.29, 0.717) is 5.41 Å². The molecule has 1 aromatic heterocycles. The summed E-state index contributed by atoms with van der Waals surface area (Å²) < 4.78 is 5.24. The van der Waals surface area contributed by atoms with E-state index in [2.05, 4.69) is 12.2 Å². The van der Waals surface area contributed by atoms with Gasteiger partial charge in [-0.05, 0) is 30.4 Å². The number of hydrogen-bond donors (Lipinski definition) is 1. The molecule has 2 nitrogen and oxygen atoms in total. The molecule has 1 aromatic rings. The van der Waals surface area contributed by atoms with Crippen molar-refractivity contribution in [3.05, 3.63) is 24.2 Å². The van der Waals surface area contributed by atoms with E-state index in [1.165, 1.54) is 19.3 Å². The molecule has 0 saturated heterocycles. The summed E-state index contributed by atoms with van der Waals surface area (Å²) in [4.78, 5) is 0. The van der Waals surface area contributed by atoms with Crippen molar-refractivity contribution in [3.8, 4) is 0 Å². The van der Waals surface area contributed by atoms with Crippen molar-refractivity contribution in [2.45, 2.75) is 32.7 Å². The Morgan fingerprint density at radius 2 is 2.29 bits per heavy atom. The van der Waals surface area contributed by atoms with Gasteiger partial charge in [0.1, 0.15) is 5.76 Å². The Labute approximate surface area is 91.5 Å². The average molecular weight is 216 g/mol. The van der Waals surface area contributed by atoms with Crippen LogP contribution in [0.1, 0.15) is 31.9 Å². The quantitative estimate of drug-likeness (QED) is 0.836. The Morgan fingerprint density at radius 3 is 2.79 bits per heavy atom. The summed E-state index contributed by atoms with van der Waals surface area (Å²) in [5.41, 5.74) is 0.562. The van der Waals surface area contributed by atoms with Crippen LogP contribution in [-0.2, 0) is 6.54 Å². The molecule has 0 aromatic carbocycles. The lowest BCUT2D eigenvalue weighted by atomic mass is 9.70. The monoisotopic (exact) mass is 215 g/mol. The molecule has 14 heavy (non-hydrogen) atoms. The maximum Gasteiger partial charge on any atom is 0.117 e. The first-order chi connectivity index (χ1) is 6.29. The smallest absolute Gasteiger partial charge is 0.117 e. The molecule has 3 heteroatoms. The van der Waals surface area contributed by atoms with Gasteiger partial charge in [0.2, 0.25) is 0 Å². The molecule has 0 unspecified atom stereocenters. The van der Waals surface area contributed by atoms with Gasteiger partial charge in [-0.1, -0.05) is 13.3 Å². The van der Waals surface area contributed by atoms with Gasteiger partial charge in [0.15, 0.2) is 0 Å².